The van der Waals surface area contributed by atoms with Gasteiger partial charge in [-0.05, 0) is 30.2 Å². The standard InChI is InChI=1S/C21H20N2O2S2/c1-4-17-12-20(25-19(17)5-2)27(24)23-18-11-15(3)13-22-21(18)26-14-16-9-7-6-8-10-16/h4-13,23H,1-2,14H2,3H3. The fourth-order valence-corrected chi connectivity index (χ4v) is 4.23. The highest BCUT2D eigenvalue weighted by atomic mass is 32.2. The molecule has 6 heteroatoms. The van der Waals surface area contributed by atoms with Crippen LogP contribution in [0, 0.1) is 6.92 Å². The molecule has 1 atom stereocenters. The number of hydrogen-bond donors (Lipinski definition) is 1. The Balaban J connectivity index is 1.80. The zero-order chi connectivity index (χ0) is 19.2. The zero-order valence-electron chi connectivity index (χ0n) is 15.0. The summed E-state index contributed by atoms with van der Waals surface area (Å²) in [6, 6.07) is 13.8. The molecule has 2 aromatic heterocycles. The molecule has 0 radical (unpaired) electrons. The van der Waals surface area contributed by atoms with Crippen molar-refractivity contribution in [2.75, 3.05) is 4.72 Å². The van der Waals surface area contributed by atoms with Crippen molar-refractivity contribution in [2.24, 2.45) is 0 Å². The van der Waals surface area contributed by atoms with Gasteiger partial charge in [-0.1, -0.05) is 61.3 Å². The van der Waals surface area contributed by atoms with Crippen molar-refractivity contribution in [1.82, 2.24) is 4.98 Å². The van der Waals surface area contributed by atoms with Gasteiger partial charge in [0.15, 0.2) is 11.0 Å². The largest absolute Gasteiger partial charge is 0.445 e. The van der Waals surface area contributed by atoms with Crippen LogP contribution in [0.2, 0.25) is 0 Å². The molecule has 4 nitrogen and oxygen atoms in total. The predicted octanol–water partition coefficient (Wildman–Crippen LogP) is 5.70. The summed E-state index contributed by atoms with van der Waals surface area (Å²) in [4.78, 5) is 4.50. The van der Waals surface area contributed by atoms with Gasteiger partial charge in [-0.2, -0.15) is 0 Å². The topological polar surface area (TPSA) is 55.1 Å². The Hall–Kier alpha value is -2.57. The number of hydrogen-bond acceptors (Lipinski definition) is 4. The average molecular weight is 397 g/mol. The Morgan fingerprint density at radius 1 is 1.22 bits per heavy atom. The highest BCUT2D eigenvalue weighted by Crippen LogP contribution is 2.30. The molecule has 0 fully saturated rings. The number of nitrogens with zero attached hydrogens (tertiary/aromatic N) is 1. The summed E-state index contributed by atoms with van der Waals surface area (Å²) in [5.41, 5.74) is 3.66. The van der Waals surface area contributed by atoms with Crippen LogP contribution >= 0.6 is 11.8 Å². The highest BCUT2D eigenvalue weighted by Gasteiger charge is 2.15. The van der Waals surface area contributed by atoms with Crippen molar-refractivity contribution in [2.45, 2.75) is 22.8 Å². The van der Waals surface area contributed by atoms with Crippen LogP contribution in [-0.2, 0) is 16.7 Å². The number of aryl methyl sites for hydroxylation is 1. The van der Waals surface area contributed by atoms with E-state index in [9.17, 15) is 4.21 Å². The maximum absolute atomic E-state index is 12.7. The summed E-state index contributed by atoms with van der Waals surface area (Å²) >= 11 is 1.59. The van der Waals surface area contributed by atoms with E-state index in [4.69, 9.17) is 4.42 Å². The van der Waals surface area contributed by atoms with Crippen molar-refractivity contribution >= 4 is 40.6 Å². The van der Waals surface area contributed by atoms with Crippen molar-refractivity contribution in [3.8, 4) is 0 Å². The lowest BCUT2D eigenvalue weighted by molar-refractivity contribution is 0.458. The Kier molecular flexibility index (Phi) is 6.32. The van der Waals surface area contributed by atoms with Gasteiger partial charge in [-0.3, -0.25) is 4.72 Å². The quantitative estimate of drug-likeness (QED) is 0.497. The summed E-state index contributed by atoms with van der Waals surface area (Å²) in [5.74, 6) is 1.33. The van der Waals surface area contributed by atoms with Crippen LogP contribution in [-0.4, -0.2) is 9.19 Å². The first kappa shape index (κ1) is 19.2. The molecule has 1 N–H and O–H groups in total. The lowest BCUT2D eigenvalue weighted by Crippen LogP contribution is -2.06. The molecule has 27 heavy (non-hydrogen) atoms. The minimum Gasteiger partial charge on any atom is -0.445 e. The number of pyridine rings is 1. The van der Waals surface area contributed by atoms with Gasteiger partial charge in [-0.15, -0.1) is 0 Å². The fraction of sp³-hybridized carbons (Fsp3) is 0.0952. The molecule has 0 saturated carbocycles. The molecule has 3 aromatic rings. The number of nitrogens with one attached hydrogen (secondary N) is 1. The van der Waals surface area contributed by atoms with Gasteiger partial charge >= 0.3 is 0 Å². The van der Waals surface area contributed by atoms with Crippen LogP contribution in [0.5, 0.6) is 0 Å². The molecule has 0 bridgehead atoms. The molecule has 1 unspecified atom stereocenters. The summed E-state index contributed by atoms with van der Waals surface area (Å²) in [5, 5.41) is 1.11. The second-order valence-corrected chi connectivity index (χ2v) is 7.91. The van der Waals surface area contributed by atoms with E-state index in [1.54, 1.807) is 36.2 Å². The minimum absolute atomic E-state index is 0.320. The molecular formula is C21H20N2O2S2. The second kappa shape index (κ2) is 8.88. The van der Waals surface area contributed by atoms with E-state index < -0.39 is 11.0 Å². The van der Waals surface area contributed by atoms with Gasteiger partial charge in [0, 0.05) is 23.6 Å². The third-order valence-corrected chi connectivity index (χ3v) is 5.81. The predicted molar refractivity (Wildman–Crippen MR) is 114 cm³/mol. The third-order valence-electron chi connectivity index (χ3n) is 3.77. The molecule has 3 rings (SSSR count). The molecular weight excluding hydrogens is 376 g/mol. The Morgan fingerprint density at radius 3 is 2.67 bits per heavy atom. The molecule has 0 saturated heterocycles. The maximum Gasteiger partial charge on any atom is 0.212 e. The van der Waals surface area contributed by atoms with E-state index in [0.29, 0.717) is 16.5 Å². The minimum atomic E-state index is -1.56. The smallest absolute Gasteiger partial charge is 0.212 e. The first-order valence-electron chi connectivity index (χ1n) is 8.31. The fourth-order valence-electron chi connectivity index (χ4n) is 2.43. The first-order valence-corrected chi connectivity index (χ1v) is 10.4. The molecule has 138 valence electrons. The van der Waals surface area contributed by atoms with Crippen molar-refractivity contribution < 1.29 is 8.63 Å². The van der Waals surface area contributed by atoms with Gasteiger partial charge in [0.2, 0.25) is 5.09 Å². The molecule has 2 heterocycles. The molecule has 0 amide bonds. The highest BCUT2D eigenvalue weighted by molar-refractivity contribution is 7.98. The molecule has 0 aliphatic heterocycles. The van der Waals surface area contributed by atoms with Crippen LogP contribution < -0.4 is 4.72 Å². The number of thioether (sulfide) groups is 1. The molecule has 0 aliphatic rings. The Labute approximate surface area is 166 Å². The molecule has 1 aromatic carbocycles. The van der Waals surface area contributed by atoms with Crippen molar-refractivity contribution in [3.05, 3.63) is 84.3 Å². The summed E-state index contributed by atoms with van der Waals surface area (Å²) in [7, 11) is -1.56. The number of rotatable bonds is 8. The Morgan fingerprint density at radius 2 is 2.00 bits per heavy atom. The van der Waals surface area contributed by atoms with Gasteiger partial charge in [0.25, 0.3) is 0 Å². The van der Waals surface area contributed by atoms with E-state index in [1.165, 1.54) is 5.56 Å². The number of anilines is 1. The molecule has 0 aliphatic carbocycles. The second-order valence-electron chi connectivity index (χ2n) is 5.80. The van der Waals surface area contributed by atoms with Gasteiger partial charge in [0.1, 0.15) is 10.8 Å². The number of benzene rings is 1. The average Bonchev–Trinajstić information content (AvgIpc) is 3.12. The maximum atomic E-state index is 12.7. The third kappa shape index (κ3) is 4.78. The monoisotopic (exact) mass is 396 g/mol. The van der Waals surface area contributed by atoms with Gasteiger partial charge in [0.05, 0.1) is 5.69 Å². The number of aromatic nitrogens is 1. The first-order chi connectivity index (χ1) is 13.1. The van der Waals surface area contributed by atoms with Crippen LogP contribution in [0.4, 0.5) is 5.69 Å². The van der Waals surface area contributed by atoms with Crippen molar-refractivity contribution in [3.63, 3.8) is 0 Å². The summed E-state index contributed by atoms with van der Waals surface area (Å²) < 4.78 is 21.4. The lowest BCUT2D eigenvalue weighted by atomic mass is 10.2. The zero-order valence-corrected chi connectivity index (χ0v) is 16.6. The van der Waals surface area contributed by atoms with Crippen molar-refractivity contribution in [1.29, 1.82) is 0 Å². The van der Waals surface area contributed by atoms with Crippen LogP contribution in [0.1, 0.15) is 22.5 Å². The summed E-state index contributed by atoms with van der Waals surface area (Å²) in [6.07, 6.45) is 5.03. The summed E-state index contributed by atoms with van der Waals surface area (Å²) in [6.45, 7) is 9.39. The Bertz CT molecular complexity index is 956. The van der Waals surface area contributed by atoms with E-state index in [-0.39, 0.29) is 0 Å². The van der Waals surface area contributed by atoms with Crippen LogP contribution in [0.3, 0.4) is 0 Å². The normalized spacial score (nSPS) is 11.7. The van der Waals surface area contributed by atoms with Gasteiger partial charge in [-0.25, -0.2) is 9.19 Å². The van der Waals surface area contributed by atoms with E-state index in [2.05, 4.69) is 35.0 Å². The van der Waals surface area contributed by atoms with Crippen LogP contribution in [0.15, 0.2) is 76.4 Å². The number of furan rings is 1. The van der Waals surface area contributed by atoms with Gasteiger partial charge < -0.3 is 4.42 Å². The molecule has 0 spiro atoms. The van der Waals surface area contributed by atoms with Crippen LogP contribution in [0.25, 0.3) is 12.2 Å². The van der Waals surface area contributed by atoms with E-state index >= 15 is 0 Å². The SMILES string of the molecule is C=Cc1cc(S(=O)Nc2cc(C)cnc2SCc2ccccc2)oc1C=C. The van der Waals surface area contributed by atoms with E-state index in [1.807, 2.05) is 31.2 Å². The van der Waals surface area contributed by atoms with E-state index in [0.717, 1.165) is 21.9 Å². The lowest BCUT2D eigenvalue weighted by Gasteiger charge is -2.10.